The average molecular weight is 176 g/mol. The summed E-state index contributed by atoms with van der Waals surface area (Å²) in [7, 11) is 0. The van der Waals surface area contributed by atoms with Gasteiger partial charge in [-0.05, 0) is 11.1 Å². The van der Waals surface area contributed by atoms with Gasteiger partial charge in [0.05, 0.1) is 25.1 Å². The molecule has 1 aromatic carbocycles. The van der Waals surface area contributed by atoms with Crippen molar-refractivity contribution in [3.8, 4) is 6.07 Å². The van der Waals surface area contributed by atoms with E-state index in [1.165, 1.54) is 0 Å². The Balaban J connectivity index is 2.98. The van der Waals surface area contributed by atoms with Crippen LogP contribution >= 0.6 is 0 Å². The Morgan fingerprint density at radius 3 is 2.77 bits per heavy atom. The third-order valence-corrected chi connectivity index (χ3v) is 1.92. The smallest absolute Gasteiger partial charge is 0.0669 e. The Kier molecular flexibility index (Phi) is 3.44. The van der Waals surface area contributed by atoms with Crippen molar-refractivity contribution in [3.63, 3.8) is 0 Å². The molecule has 0 aliphatic heterocycles. The first kappa shape index (κ1) is 9.72. The van der Waals surface area contributed by atoms with Gasteiger partial charge in [-0.2, -0.15) is 5.26 Å². The maximum absolute atomic E-state index is 8.87. The molecule has 0 heterocycles. The molecule has 0 radical (unpaired) electrons. The van der Waals surface area contributed by atoms with E-state index < -0.39 is 0 Å². The van der Waals surface area contributed by atoms with Gasteiger partial charge in [0.2, 0.25) is 0 Å². The number of benzene rings is 1. The predicted molar refractivity (Wildman–Crippen MR) is 49.8 cm³/mol. The van der Waals surface area contributed by atoms with E-state index in [2.05, 4.69) is 6.07 Å². The number of nitriles is 1. The van der Waals surface area contributed by atoms with Crippen molar-refractivity contribution in [3.05, 3.63) is 35.4 Å². The highest BCUT2D eigenvalue weighted by Gasteiger charge is 2.08. The van der Waals surface area contributed by atoms with Crippen molar-refractivity contribution >= 4 is 0 Å². The topological polar surface area (TPSA) is 70.0 Å². The largest absolute Gasteiger partial charge is 0.394 e. The van der Waals surface area contributed by atoms with Gasteiger partial charge in [0, 0.05) is 0 Å². The Hall–Kier alpha value is -1.37. The van der Waals surface area contributed by atoms with Gasteiger partial charge in [-0.3, -0.25) is 0 Å². The Morgan fingerprint density at radius 1 is 1.46 bits per heavy atom. The molecule has 68 valence electrons. The van der Waals surface area contributed by atoms with Crippen molar-refractivity contribution in [2.75, 3.05) is 6.61 Å². The lowest BCUT2D eigenvalue weighted by molar-refractivity contribution is 0.267. The van der Waals surface area contributed by atoms with Gasteiger partial charge in [0.15, 0.2) is 0 Å². The van der Waals surface area contributed by atoms with Crippen molar-refractivity contribution in [2.24, 2.45) is 5.73 Å². The summed E-state index contributed by atoms with van der Waals surface area (Å²) < 4.78 is 0. The minimum absolute atomic E-state index is 0.0948. The molecular weight excluding hydrogens is 164 g/mol. The van der Waals surface area contributed by atoms with Gasteiger partial charge in [-0.25, -0.2) is 0 Å². The Bertz CT molecular complexity index is 317. The zero-order chi connectivity index (χ0) is 9.68. The number of nitrogens with zero attached hydrogens (tertiary/aromatic N) is 1. The Labute approximate surface area is 77.4 Å². The SMILES string of the molecule is N#CCc1ccccc1[C@H](N)CO. The van der Waals surface area contributed by atoms with E-state index in [-0.39, 0.29) is 12.6 Å². The van der Waals surface area contributed by atoms with Crippen LogP contribution < -0.4 is 5.73 Å². The van der Waals surface area contributed by atoms with Crippen LogP contribution in [0, 0.1) is 11.3 Å². The predicted octanol–water partition coefficient (Wildman–Crippen LogP) is 0.745. The Morgan fingerprint density at radius 2 is 2.15 bits per heavy atom. The first-order valence-electron chi connectivity index (χ1n) is 4.10. The molecule has 3 heteroatoms. The average Bonchev–Trinajstić information content (AvgIpc) is 2.18. The fraction of sp³-hybridized carbons (Fsp3) is 0.300. The minimum Gasteiger partial charge on any atom is -0.394 e. The normalized spacial score (nSPS) is 12.1. The van der Waals surface area contributed by atoms with E-state index in [1.54, 1.807) is 0 Å². The van der Waals surface area contributed by atoms with Crippen LogP contribution in [0.1, 0.15) is 17.2 Å². The minimum atomic E-state index is -0.385. The number of aliphatic hydroxyl groups is 1. The zero-order valence-electron chi connectivity index (χ0n) is 7.27. The fourth-order valence-electron chi connectivity index (χ4n) is 1.24. The van der Waals surface area contributed by atoms with Crippen LogP contribution in [0.15, 0.2) is 24.3 Å². The molecular formula is C10H12N2O. The van der Waals surface area contributed by atoms with E-state index >= 15 is 0 Å². The monoisotopic (exact) mass is 176 g/mol. The van der Waals surface area contributed by atoms with Crippen LogP contribution in [0.25, 0.3) is 0 Å². The third kappa shape index (κ3) is 2.28. The summed E-state index contributed by atoms with van der Waals surface area (Å²) in [5.74, 6) is 0. The molecule has 1 rings (SSSR count). The quantitative estimate of drug-likeness (QED) is 0.713. The third-order valence-electron chi connectivity index (χ3n) is 1.92. The van der Waals surface area contributed by atoms with Crippen LogP contribution in [-0.2, 0) is 6.42 Å². The van der Waals surface area contributed by atoms with E-state index in [0.717, 1.165) is 11.1 Å². The lowest BCUT2D eigenvalue weighted by Crippen LogP contribution is -2.16. The van der Waals surface area contributed by atoms with Crippen LogP contribution in [-0.4, -0.2) is 11.7 Å². The number of hydrogen-bond donors (Lipinski definition) is 2. The second kappa shape index (κ2) is 4.61. The van der Waals surface area contributed by atoms with E-state index in [4.69, 9.17) is 16.1 Å². The summed E-state index contributed by atoms with van der Waals surface area (Å²) in [4.78, 5) is 0. The summed E-state index contributed by atoms with van der Waals surface area (Å²) in [5.41, 5.74) is 7.41. The molecule has 3 N–H and O–H groups in total. The maximum atomic E-state index is 8.87. The molecule has 1 atom stereocenters. The molecule has 0 aliphatic carbocycles. The summed E-state index contributed by atoms with van der Waals surface area (Å²) in [6.45, 7) is -0.0948. The molecule has 13 heavy (non-hydrogen) atoms. The number of nitrogens with two attached hydrogens (primary N) is 1. The molecule has 0 fully saturated rings. The van der Waals surface area contributed by atoms with Crippen molar-refractivity contribution < 1.29 is 5.11 Å². The first-order chi connectivity index (χ1) is 6.29. The second-order valence-electron chi connectivity index (χ2n) is 2.82. The highest BCUT2D eigenvalue weighted by molar-refractivity contribution is 5.31. The number of rotatable bonds is 3. The molecule has 0 saturated heterocycles. The van der Waals surface area contributed by atoms with Crippen LogP contribution in [0.5, 0.6) is 0 Å². The molecule has 0 saturated carbocycles. The summed E-state index contributed by atoms with van der Waals surface area (Å²) >= 11 is 0. The van der Waals surface area contributed by atoms with Crippen molar-refractivity contribution in [1.82, 2.24) is 0 Å². The highest BCUT2D eigenvalue weighted by Crippen LogP contribution is 2.15. The van der Waals surface area contributed by atoms with Crippen molar-refractivity contribution in [1.29, 1.82) is 5.26 Å². The van der Waals surface area contributed by atoms with E-state index in [1.807, 2.05) is 24.3 Å². The van der Waals surface area contributed by atoms with Gasteiger partial charge >= 0.3 is 0 Å². The maximum Gasteiger partial charge on any atom is 0.0669 e. The lowest BCUT2D eigenvalue weighted by atomic mass is 10.00. The van der Waals surface area contributed by atoms with E-state index in [9.17, 15) is 0 Å². The van der Waals surface area contributed by atoms with Gasteiger partial charge in [0.1, 0.15) is 0 Å². The first-order valence-corrected chi connectivity index (χ1v) is 4.10. The highest BCUT2D eigenvalue weighted by atomic mass is 16.3. The fourth-order valence-corrected chi connectivity index (χ4v) is 1.24. The van der Waals surface area contributed by atoms with E-state index in [0.29, 0.717) is 6.42 Å². The lowest BCUT2D eigenvalue weighted by Gasteiger charge is -2.11. The standard InChI is InChI=1S/C10H12N2O/c11-6-5-8-3-1-2-4-9(8)10(12)7-13/h1-4,10,13H,5,7,12H2/t10-/m1/s1. The number of hydrogen-bond acceptors (Lipinski definition) is 3. The second-order valence-corrected chi connectivity index (χ2v) is 2.82. The van der Waals surface area contributed by atoms with Gasteiger partial charge in [0.25, 0.3) is 0 Å². The molecule has 3 nitrogen and oxygen atoms in total. The molecule has 0 amide bonds. The van der Waals surface area contributed by atoms with Crippen LogP contribution in [0.4, 0.5) is 0 Å². The van der Waals surface area contributed by atoms with Gasteiger partial charge in [-0.15, -0.1) is 0 Å². The van der Waals surface area contributed by atoms with Crippen LogP contribution in [0.3, 0.4) is 0 Å². The molecule has 0 bridgehead atoms. The summed E-state index contributed by atoms with van der Waals surface area (Å²) in [6, 6.07) is 9.09. The molecule has 0 aliphatic rings. The van der Waals surface area contributed by atoms with Crippen molar-refractivity contribution in [2.45, 2.75) is 12.5 Å². The van der Waals surface area contributed by atoms with Gasteiger partial charge in [-0.1, -0.05) is 24.3 Å². The zero-order valence-corrected chi connectivity index (χ0v) is 7.27. The number of aliphatic hydroxyl groups excluding tert-OH is 1. The van der Waals surface area contributed by atoms with Gasteiger partial charge < -0.3 is 10.8 Å². The summed E-state index contributed by atoms with van der Waals surface area (Å²) in [6.07, 6.45) is 0.337. The molecule has 0 unspecified atom stereocenters. The molecule has 0 spiro atoms. The summed E-state index contributed by atoms with van der Waals surface area (Å²) in [5, 5.41) is 17.4. The molecule has 1 aromatic rings. The molecule has 0 aromatic heterocycles. The van der Waals surface area contributed by atoms with Crippen LogP contribution in [0.2, 0.25) is 0 Å².